The van der Waals surface area contributed by atoms with Gasteiger partial charge in [0.2, 0.25) is 5.95 Å². The maximum Gasteiger partial charge on any atom is 0.355 e. The van der Waals surface area contributed by atoms with Crippen LogP contribution < -0.4 is 5.32 Å². The lowest BCUT2D eigenvalue weighted by Crippen LogP contribution is -2.32. The van der Waals surface area contributed by atoms with Crippen molar-refractivity contribution in [2.45, 2.75) is 13.0 Å². The average molecular weight is 315 g/mol. The lowest BCUT2D eigenvalue weighted by molar-refractivity contribution is -0.136. The number of benzene rings is 1. The minimum Gasteiger partial charge on any atom is -0.508 e. The predicted octanol–water partition coefficient (Wildman–Crippen LogP) is 0.410. The largest absolute Gasteiger partial charge is 0.508 e. The maximum atomic E-state index is 12.2. The van der Waals surface area contributed by atoms with Crippen LogP contribution in [0.5, 0.6) is 5.75 Å². The molecule has 0 amide bonds. The van der Waals surface area contributed by atoms with E-state index >= 15 is 0 Å². The smallest absolute Gasteiger partial charge is 0.355 e. The maximum absolute atomic E-state index is 12.2. The van der Waals surface area contributed by atoms with Crippen molar-refractivity contribution in [1.82, 2.24) is 20.2 Å². The summed E-state index contributed by atoms with van der Waals surface area (Å²) < 4.78 is 6.13. The molecule has 0 unspecified atom stereocenters. The quantitative estimate of drug-likeness (QED) is 0.782. The van der Waals surface area contributed by atoms with Gasteiger partial charge in [-0.05, 0) is 35.0 Å². The molecule has 0 spiro atoms. The van der Waals surface area contributed by atoms with Gasteiger partial charge in [0.05, 0.1) is 12.7 Å². The zero-order valence-electron chi connectivity index (χ0n) is 12.3. The van der Waals surface area contributed by atoms with E-state index in [0.717, 1.165) is 0 Å². The predicted molar refractivity (Wildman–Crippen MR) is 77.4 cm³/mol. The highest BCUT2D eigenvalue weighted by atomic mass is 16.5. The number of anilines is 1. The third-order valence-corrected chi connectivity index (χ3v) is 3.49. The molecule has 0 fully saturated rings. The van der Waals surface area contributed by atoms with Crippen molar-refractivity contribution in [3.63, 3.8) is 0 Å². The number of tetrazole rings is 1. The number of hydrogen-bond donors (Lipinski definition) is 2. The van der Waals surface area contributed by atoms with Crippen LogP contribution in [-0.4, -0.2) is 44.2 Å². The molecule has 3 rings (SSSR count). The van der Waals surface area contributed by atoms with Gasteiger partial charge in [0.15, 0.2) is 5.78 Å². The Balaban J connectivity index is 2.23. The number of phenols is 1. The van der Waals surface area contributed by atoms with E-state index in [4.69, 9.17) is 4.74 Å². The number of allylic oxidation sites excluding steroid dienone is 1. The molecule has 1 atom stereocenters. The summed E-state index contributed by atoms with van der Waals surface area (Å²) in [5, 5.41) is 23.4. The summed E-state index contributed by atoms with van der Waals surface area (Å²) in [6.45, 7) is 1.35. The fraction of sp³-hybridized carbons (Fsp3) is 0.214. The molecule has 0 saturated heterocycles. The van der Waals surface area contributed by atoms with Crippen molar-refractivity contribution in [2.75, 3.05) is 12.4 Å². The Kier molecular flexibility index (Phi) is 3.53. The SMILES string of the molecule is COC(=O)C1=C(C(C)=O)[C@@H](c2ccc(O)cc2)n2nnnc2N1. The lowest BCUT2D eigenvalue weighted by Gasteiger charge is -2.27. The fourth-order valence-corrected chi connectivity index (χ4v) is 2.48. The molecular formula is C14H13N5O4. The number of aromatic hydroxyl groups is 1. The van der Waals surface area contributed by atoms with E-state index in [0.29, 0.717) is 5.56 Å². The third kappa shape index (κ3) is 2.41. The first-order chi connectivity index (χ1) is 11.0. The molecule has 2 N–H and O–H groups in total. The standard InChI is InChI=1S/C14H13N5O4/c1-7(20)10-11(13(22)23-2)15-14-16-17-18-19(14)12(10)8-3-5-9(21)6-4-8/h3-6,12,21H,1-2H3,(H,15,16,18)/t12-/m1/s1. The summed E-state index contributed by atoms with van der Waals surface area (Å²) in [6.07, 6.45) is 0. The molecule has 9 nitrogen and oxygen atoms in total. The van der Waals surface area contributed by atoms with E-state index in [1.807, 2.05) is 0 Å². The van der Waals surface area contributed by atoms with Gasteiger partial charge in [-0.25, -0.2) is 4.79 Å². The van der Waals surface area contributed by atoms with Gasteiger partial charge < -0.3 is 15.2 Å². The van der Waals surface area contributed by atoms with E-state index in [1.54, 1.807) is 12.1 Å². The highest BCUT2D eigenvalue weighted by Crippen LogP contribution is 2.35. The number of fused-ring (bicyclic) bond motifs is 1. The normalized spacial score (nSPS) is 16.5. The Labute approximate surface area is 130 Å². The van der Waals surface area contributed by atoms with E-state index in [9.17, 15) is 14.7 Å². The topological polar surface area (TPSA) is 119 Å². The number of hydrogen-bond acceptors (Lipinski definition) is 8. The Hall–Kier alpha value is -3.23. The van der Waals surface area contributed by atoms with Gasteiger partial charge in [0.25, 0.3) is 0 Å². The van der Waals surface area contributed by atoms with Crippen LogP contribution in [0.1, 0.15) is 18.5 Å². The van der Waals surface area contributed by atoms with Crippen molar-refractivity contribution in [2.24, 2.45) is 0 Å². The number of methoxy groups -OCH3 is 1. The number of rotatable bonds is 3. The number of carbonyl (C=O) groups is 2. The molecule has 1 aliphatic heterocycles. The Morgan fingerprint density at radius 3 is 2.61 bits per heavy atom. The molecule has 1 aromatic carbocycles. The zero-order valence-corrected chi connectivity index (χ0v) is 12.3. The molecule has 0 radical (unpaired) electrons. The molecule has 118 valence electrons. The van der Waals surface area contributed by atoms with Crippen LogP contribution in [0, 0.1) is 0 Å². The molecule has 2 aromatic rings. The molecule has 1 aromatic heterocycles. The van der Waals surface area contributed by atoms with E-state index in [-0.39, 0.29) is 28.8 Å². The lowest BCUT2D eigenvalue weighted by atomic mass is 9.93. The van der Waals surface area contributed by atoms with Crippen LogP contribution in [0.2, 0.25) is 0 Å². The number of ether oxygens (including phenoxy) is 1. The summed E-state index contributed by atoms with van der Waals surface area (Å²) in [6, 6.07) is 5.53. The van der Waals surface area contributed by atoms with E-state index in [1.165, 1.54) is 30.8 Å². The minimum atomic E-state index is -0.701. The van der Waals surface area contributed by atoms with Crippen LogP contribution >= 0.6 is 0 Å². The minimum absolute atomic E-state index is 0.000347. The molecular weight excluding hydrogens is 302 g/mol. The number of nitrogens with one attached hydrogen (secondary N) is 1. The van der Waals surface area contributed by atoms with Crippen molar-refractivity contribution in [1.29, 1.82) is 0 Å². The molecule has 2 heterocycles. The number of esters is 1. The van der Waals surface area contributed by atoms with Gasteiger partial charge in [0, 0.05) is 0 Å². The molecule has 0 aliphatic carbocycles. The summed E-state index contributed by atoms with van der Waals surface area (Å²) in [5.41, 5.74) is 0.826. The second-order valence-electron chi connectivity index (χ2n) is 4.90. The molecule has 0 bridgehead atoms. The van der Waals surface area contributed by atoms with Gasteiger partial charge in [-0.2, -0.15) is 4.68 Å². The third-order valence-electron chi connectivity index (χ3n) is 3.49. The number of Topliss-reactive ketones (excluding diaryl/α,β-unsaturated/α-hetero) is 1. The number of ketones is 1. The molecule has 23 heavy (non-hydrogen) atoms. The Morgan fingerprint density at radius 2 is 2.00 bits per heavy atom. The summed E-state index contributed by atoms with van der Waals surface area (Å²) >= 11 is 0. The molecule has 0 saturated carbocycles. The number of phenolic OH excluding ortho intramolecular Hbond substituents is 1. The van der Waals surface area contributed by atoms with Crippen molar-refractivity contribution < 1.29 is 19.4 Å². The Bertz CT molecular complexity index is 809. The van der Waals surface area contributed by atoms with Gasteiger partial charge in [-0.3, -0.25) is 4.79 Å². The highest BCUT2D eigenvalue weighted by molar-refractivity contribution is 6.05. The first-order valence-corrected chi connectivity index (χ1v) is 6.70. The zero-order chi connectivity index (χ0) is 16.6. The van der Waals surface area contributed by atoms with Gasteiger partial charge in [-0.15, -0.1) is 0 Å². The van der Waals surface area contributed by atoms with Crippen LogP contribution in [-0.2, 0) is 14.3 Å². The summed E-state index contributed by atoms with van der Waals surface area (Å²) in [4.78, 5) is 24.2. The monoisotopic (exact) mass is 315 g/mol. The first-order valence-electron chi connectivity index (χ1n) is 6.70. The second kappa shape index (κ2) is 5.52. The fourth-order valence-electron chi connectivity index (χ4n) is 2.48. The Morgan fingerprint density at radius 1 is 1.30 bits per heavy atom. The van der Waals surface area contributed by atoms with Gasteiger partial charge >= 0.3 is 5.97 Å². The van der Waals surface area contributed by atoms with Gasteiger partial charge in [-0.1, -0.05) is 17.2 Å². The average Bonchev–Trinajstić information content (AvgIpc) is 3.01. The highest BCUT2D eigenvalue weighted by Gasteiger charge is 2.36. The number of aromatic nitrogens is 4. The summed E-state index contributed by atoms with van der Waals surface area (Å²) in [7, 11) is 1.22. The molecule has 9 heteroatoms. The first kappa shape index (κ1) is 14.7. The van der Waals surface area contributed by atoms with Crippen molar-refractivity contribution in [3.05, 3.63) is 41.1 Å². The van der Waals surface area contributed by atoms with Gasteiger partial charge in [0.1, 0.15) is 17.5 Å². The van der Waals surface area contributed by atoms with E-state index < -0.39 is 12.0 Å². The van der Waals surface area contributed by atoms with Crippen LogP contribution in [0.3, 0.4) is 0 Å². The van der Waals surface area contributed by atoms with Crippen LogP contribution in [0.15, 0.2) is 35.5 Å². The summed E-state index contributed by atoms with van der Waals surface area (Å²) in [5.74, 6) is -0.708. The van der Waals surface area contributed by atoms with Crippen molar-refractivity contribution >= 4 is 17.7 Å². The molecule has 1 aliphatic rings. The van der Waals surface area contributed by atoms with E-state index in [2.05, 4.69) is 20.8 Å². The van der Waals surface area contributed by atoms with Crippen LogP contribution in [0.25, 0.3) is 0 Å². The van der Waals surface area contributed by atoms with Crippen LogP contribution in [0.4, 0.5) is 5.95 Å². The van der Waals surface area contributed by atoms with Crippen molar-refractivity contribution in [3.8, 4) is 5.75 Å². The second-order valence-corrected chi connectivity index (χ2v) is 4.90. The number of nitrogens with zero attached hydrogens (tertiary/aromatic N) is 4. The number of carbonyl (C=O) groups excluding carboxylic acids is 2.